The molecule has 1 rings (SSSR count). The molecule has 0 aromatic carbocycles. The average Bonchev–Trinajstić information content (AvgIpc) is 2.87. The fourth-order valence-electron chi connectivity index (χ4n) is 1.77. The van der Waals surface area contributed by atoms with Crippen molar-refractivity contribution in [2.24, 2.45) is 5.92 Å². The monoisotopic (exact) mass is 285 g/mol. The SMILES string of the molecule is CC(C)CC[C@H](C)NC[C@@H](O)COCc1cccs1. The summed E-state index contributed by atoms with van der Waals surface area (Å²) in [6, 6.07) is 4.51. The van der Waals surface area contributed by atoms with Crippen LogP contribution in [-0.2, 0) is 11.3 Å². The maximum Gasteiger partial charge on any atom is 0.0897 e. The third kappa shape index (κ3) is 8.37. The lowest BCUT2D eigenvalue weighted by Crippen LogP contribution is -2.36. The smallest absolute Gasteiger partial charge is 0.0897 e. The van der Waals surface area contributed by atoms with E-state index >= 15 is 0 Å². The first-order chi connectivity index (χ1) is 9.08. The van der Waals surface area contributed by atoms with E-state index in [0.29, 0.717) is 25.8 Å². The van der Waals surface area contributed by atoms with Gasteiger partial charge >= 0.3 is 0 Å². The zero-order chi connectivity index (χ0) is 14.1. The van der Waals surface area contributed by atoms with Crippen LogP contribution in [0.25, 0.3) is 0 Å². The quantitative estimate of drug-likeness (QED) is 0.694. The van der Waals surface area contributed by atoms with Gasteiger partial charge in [-0.3, -0.25) is 0 Å². The van der Waals surface area contributed by atoms with Crippen LogP contribution in [0.3, 0.4) is 0 Å². The van der Waals surface area contributed by atoms with Crippen LogP contribution in [0.1, 0.15) is 38.5 Å². The summed E-state index contributed by atoms with van der Waals surface area (Å²) in [6.07, 6.45) is 1.95. The number of ether oxygens (including phenoxy) is 1. The molecule has 2 N–H and O–H groups in total. The minimum atomic E-state index is -0.429. The Balaban J connectivity index is 2.02. The Bertz CT molecular complexity index is 314. The van der Waals surface area contributed by atoms with E-state index in [1.807, 2.05) is 17.5 Å². The first kappa shape index (κ1) is 16.6. The van der Waals surface area contributed by atoms with Gasteiger partial charge in [-0.05, 0) is 37.1 Å². The first-order valence-corrected chi connectivity index (χ1v) is 7.97. The summed E-state index contributed by atoms with van der Waals surface area (Å²) in [7, 11) is 0. The maximum atomic E-state index is 9.82. The predicted octanol–water partition coefficient (Wildman–Crippen LogP) is 3.04. The summed E-state index contributed by atoms with van der Waals surface area (Å²) >= 11 is 1.68. The van der Waals surface area contributed by atoms with Gasteiger partial charge in [0, 0.05) is 17.5 Å². The number of rotatable bonds is 10. The van der Waals surface area contributed by atoms with Crippen LogP contribution in [0, 0.1) is 5.92 Å². The van der Waals surface area contributed by atoms with Crippen LogP contribution in [-0.4, -0.2) is 30.4 Å². The highest BCUT2D eigenvalue weighted by Gasteiger charge is 2.08. The van der Waals surface area contributed by atoms with Gasteiger partial charge in [0.25, 0.3) is 0 Å². The van der Waals surface area contributed by atoms with Gasteiger partial charge in [0.1, 0.15) is 0 Å². The molecule has 0 aliphatic carbocycles. The van der Waals surface area contributed by atoms with E-state index in [1.165, 1.54) is 11.3 Å². The molecular weight excluding hydrogens is 258 g/mol. The molecule has 0 bridgehead atoms. The fourth-order valence-corrected chi connectivity index (χ4v) is 2.41. The van der Waals surface area contributed by atoms with Crippen molar-refractivity contribution in [1.82, 2.24) is 5.32 Å². The molecule has 0 radical (unpaired) electrons. The topological polar surface area (TPSA) is 41.5 Å². The number of hydrogen-bond donors (Lipinski definition) is 2. The molecule has 0 spiro atoms. The Morgan fingerprint density at radius 3 is 2.74 bits per heavy atom. The zero-order valence-corrected chi connectivity index (χ0v) is 13.1. The highest BCUT2D eigenvalue weighted by atomic mass is 32.1. The van der Waals surface area contributed by atoms with E-state index in [4.69, 9.17) is 4.74 Å². The molecule has 19 heavy (non-hydrogen) atoms. The van der Waals surface area contributed by atoms with Crippen LogP contribution in [0.2, 0.25) is 0 Å². The molecule has 0 amide bonds. The van der Waals surface area contributed by atoms with Crippen LogP contribution >= 0.6 is 11.3 Å². The minimum absolute atomic E-state index is 0.391. The lowest BCUT2D eigenvalue weighted by Gasteiger charge is -2.18. The molecule has 3 nitrogen and oxygen atoms in total. The van der Waals surface area contributed by atoms with Gasteiger partial charge in [0.15, 0.2) is 0 Å². The Labute approximate surface area is 121 Å². The lowest BCUT2D eigenvalue weighted by molar-refractivity contribution is 0.0286. The molecule has 110 valence electrons. The van der Waals surface area contributed by atoms with Crippen LogP contribution in [0.15, 0.2) is 17.5 Å². The number of hydrogen-bond acceptors (Lipinski definition) is 4. The van der Waals surface area contributed by atoms with Gasteiger partial charge in [-0.1, -0.05) is 19.9 Å². The Morgan fingerprint density at radius 2 is 2.11 bits per heavy atom. The molecule has 0 saturated heterocycles. The first-order valence-electron chi connectivity index (χ1n) is 7.09. The molecule has 4 heteroatoms. The molecular formula is C15H27NO2S. The van der Waals surface area contributed by atoms with Crippen molar-refractivity contribution in [2.75, 3.05) is 13.2 Å². The molecule has 1 aromatic rings. The Kier molecular flexibility index (Phi) is 8.30. The summed E-state index contributed by atoms with van der Waals surface area (Å²) in [5.74, 6) is 0.739. The van der Waals surface area contributed by atoms with E-state index < -0.39 is 6.10 Å². The van der Waals surface area contributed by atoms with Gasteiger partial charge < -0.3 is 15.2 Å². The summed E-state index contributed by atoms with van der Waals surface area (Å²) in [6.45, 7) is 8.23. The van der Waals surface area contributed by atoms with Crippen LogP contribution in [0.5, 0.6) is 0 Å². The van der Waals surface area contributed by atoms with Crippen molar-refractivity contribution in [3.63, 3.8) is 0 Å². The molecule has 0 fully saturated rings. The molecule has 0 saturated carbocycles. The molecule has 1 aromatic heterocycles. The van der Waals surface area contributed by atoms with Crippen molar-refractivity contribution in [1.29, 1.82) is 0 Å². The van der Waals surface area contributed by atoms with Crippen molar-refractivity contribution in [2.45, 2.75) is 52.4 Å². The highest BCUT2D eigenvalue weighted by molar-refractivity contribution is 7.09. The standard InChI is InChI=1S/C15H27NO2S/c1-12(2)6-7-13(3)16-9-14(17)10-18-11-15-5-4-8-19-15/h4-5,8,12-14,16-17H,6-7,9-11H2,1-3H3/t13-,14+/m0/s1. The maximum absolute atomic E-state index is 9.82. The number of aliphatic hydroxyl groups excluding tert-OH is 1. The Hall–Kier alpha value is -0.420. The Morgan fingerprint density at radius 1 is 1.32 bits per heavy atom. The van der Waals surface area contributed by atoms with Crippen molar-refractivity contribution >= 4 is 11.3 Å². The van der Waals surface area contributed by atoms with Gasteiger partial charge in [0.2, 0.25) is 0 Å². The molecule has 2 atom stereocenters. The third-order valence-corrected chi connectivity index (χ3v) is 3.86. The fraction of sp³-hybridized carbons (Fsp3) is 0.733. The zero-order valence-electron chi connectivity index (χ0n) is 12.3. The van der Waals surface area contributed by atoms with Crippen molar-refractivity contribution in [3.05, 3.63) is 22.4 Å². The van der Waals surface area contributed by atoms with Crippen LogP contribution in [0.4, 0.5) is 0 Å². The predicted molar refractivity (Wildman–Crippen MR) is 81.5 cm³/mol. The van der Waals surface area contributed by atoms with Crippen molar-refractivity contribution in [3.8, 4) is 0 Å². The third-order valence-electron chi connectivity index (χ3n) is 3.01. The van der Waals surface area contributed by atoms with Gasteiger partial charge in [-0.25, -0.2) is 0 Å². The molecule has 1 heterocycles. The highest BCUT2D eigenvalue weighted by Crippen LogP contribution is 2.09. The van der Waals surface area contributed by atoms with E-state index in [9.17, 15) is 5.11 Å². The van der Waals surface area contributed by atoms with E-state index in [2.05, 4.69) is 26.1 Å². The van der Waals surface area contributed by atoms with E-state index in [1.54, 1.807) is 11.3 Å². The second kappa shape index (κ2) is 9.48. The van der Waals surface area contributed by atoms with Crippen molar-refractivity contribution < 1.29 is 9.84 Å². The number of aliphatic hydroxyl groups is 1. The summed E-state index contributed by atoms with van der Waals surface area (Å²) in [5, 5.41) is 15.2. The van der Waals surface area contributed by atoms with Gasteiger partial charge in [-0.15, -0.1) is 11.3 Å². The van der Waals surface area contributed by atoms with E-state index in [-0.39, 0.29) is 0 Å². The second-order valence-electron chi connectivity index (χ2n) is 5.53. The van der Waals surface area contributed by atoms with Gasteiger partial charge in [-0.2, -0.15) is 0 Å². The largest absolute Gasteiger partial charge is 0.389 e. The summed E-state index contributed by atoms with van der Waals surface area (Å²) < 4.78 is 5.49. The van der Waals surface area contributed by atoms with E-state index in [0.717, 1.165) is 12.3 Å². The summed E-state index contributed by atoms with van der Waals surface area (Å²) in [5.41, 5.74) is 0. The number of nitrogens with one attached hydrogen (secondary N) is 1. The number of thiophene rings is 1. The normalized spacial score (nSPS) is 14.8. The van der Waals surface area contributed by atoms with Gasteiger partial charge in [0.05, 0.1) is 19.3 Å². The molecule has 0 unspecified atom stereocenters. The molecule has 0 aliphatic rings. The lowest BCUT2D eigenvalue weighted by atomic mass is 10.0. The minimum Gasteiger partial charge on any atom is -0.389 e. The summed E-state index contributed by atoms with van der Waals surface area (Å²) in [4.78, 5) is 1.20. The molecule has 0 aliphatic heterocycles. The average molecular weight is 285 g/mol. The second-order valence-corrected chi connectivity index (χ2v) is 6.56. The van der Waals surface area contributed by atoms with Crippen LogP contribution < -0.4 is 5.32 Å².